The standard InChI is InChI=1S/C18H27FN2O3/c1-18(2,3)24-17(22)21-8-7-13(11-21)14(10-20)12-5-6-16(23-4)15(19)9-12/h5-6,9,13-14H,7-8,10-11,20H2,1-4H3. The molecule has 24 heavy (non-hydrogen) atoms. The zero-order chi connectivity index (χ0) is 17.9. The van der Waals surface area contributed by atoms with E-state index in [9.17, 15) is 9.18 Å². The Morgan fingerprint density at radius 3 is 2.71 bits per heavy atom. The summed E-state index contributed by atoms with van der Waals surface area (Å²) < 4.78 is 24.4. The van der Waals surface area contributed by atoms with E-state index >= 15 is 0 Å². The highest BCUT2D eigenvalue weighted by Crippen LogP contribution is 2.33. The maximum atomic E-state index is 14.0. The van der Waals surface area contributed by atoms with Crippen LogP contribution in [-0.2, 0) is 4.74 Å². The molecule has 0 radical (unpaired) electrons. The summed E-state index contributed by atoms with van der Waals surface area (Å²) in [5.41, 5.74) is 6.27. The van der Waals surface area contributed by atoms with Crippen LogP contribution in [0.5, 0.6) is 5.75 Å². The summed E-state index contributed by atoms with van der Waals surface area (Å²) in [4.78, 5) is 13.9. The predicted molar refractivity (Wildman–Crippen MR) is 90.7 cm³/mol. The quantitative estimate of drug-likeness (QED) is 0.916. The van der Waals surface area contributed by atoms with Crippen LogP contribution in [0.1, 0.15) is 38.7 Å². The third-order valence-corrected chi connectivity index (χ3v) is 4.30. The molecule has 2 unspecified atom stereocenters. The van der Waals surface area contributed by atoms with Crippen LogP contribution < -0.4 is 10.5 Å². The number of ether oxygens (including phenoxy) is 2. The highest BCUT2D eigenvalue weighted by molar-refractivity contribution is 5.68. The minimum atomic E-state index is -0.512. The first-order chi connectivity index (χ1) is 11.2. The van der Waals surface area contributed by atoms with Gasteiger partial charge in [0.2, 0.25) is 0 Å². The highest BCUT2D eigenvalue weighted by Gasteiger charge is 2.34. The number of halogens is 1. The lowest BCUT2D eigenvalue weighted by molar-refractivity contribution is 0.0286. The lowest BCUT2D eigenvalue weighted by Gasteiger charge is -2.26. The van der Waals surface area contributed by atoms with E-state index < -0.39 is 11.4 Å². The molecule has 0 aromatic heterocycles. The summed E-state index contributed by atoms with van der Waals surface area (Å²) in [7, 11) is 1.44. The maximum absolute atomic E-state index is 14.0. The largest absolute Gasteiger partial charge is 0.494 e. The Morgan fingerprint density at radius 2 is 2.17 bits per heavy atom. The van der Waals surface area contributed by atoms with E-state index in [1.165, 1.54) is 13.2 Å². The maximum Gasteiger partial charge on any atom is 0.410 e. The van der Waals surface area contributed by atoms with Gasteiger partial charge in [0, 0.05) is 19.0 Å². The Labute approximate surface area is 142 Å². The molecule has 2 atom stereocenters. The number of carbonyl (C=O) groups is 1. The SMILES string of the molecule is COc1ccc(C(CN)C2CCN(C(=O)OC(C)(C)C)C2)cc1F. The number of methoxy groups -OCH3 is 1. The topological polar surface area (TPSA) is 64.8 Å². The molecule has 1 saturated heterocycles. The van der Waals surface area contributed by atoms with Crippen molar-refractivity contribution in [3.05, 3.63) is 29.6 Å². The van der Waals surface area contributed by atoms with Crippen molar-refractivity contribution in [1.82, 2.24) is 4.90 Å². The summed E-state index contributed by atoms with van der Waals surface area (Å²) in [6, 6.07) is 4.94. The van der Waals surface area contributed by atoms with Crippen LogP contribution in [0.3, 0.4) is 0 Å². The summed E-state index contributed by atoms with van der Waals surface area (Å²) >= 11 is 0. The number of carbonyl (C=O) groups excluding carboxylic acids is 1. The average Bonchev–Trinajstić information content (AvgIpc) is 2.96. The van der Waals surface area contributed by atoms with E-state index in [4.69, 9.17) is 15.2 Å². The molecule has 5 nitrogen and oxygen atoms in total. The molecule has 0 bridgehead atoms. The van der Waals surface area contributed by atoms with E-state index in [0.717, 1.165) is 12.0 Å². The van der Waals surface area contributed by atoms with E-state index in [0.29, 0.717) is 19.6 Å². The Balaban J connectivity index is 2.07. The number of hydrogen-bond acceptors (Lipinski definition) is 4. The zero-order valence-corrected chi connectivity index (χ0v) is 14.8. The van der Waals surface area contributed by atoms with Crippen molar-refractivity contribution in [1.29, 1.82) is 0 Å². The van der Waals surface area contributed by atoms with Gasteiger partial charge in [0.05, 0.1) is 7.11 Å². The normalized spacial score (nSPS) is 19.2. The molecule has 1 amide bonds. The summed E-state index contributed by atoms with van der Waals surface area (Å²) in [5, 5.41) is 0. The predicted octanol–water partition coefficient (Wildman–Crippen LogP) is 3.13. The molecular weight excluding hydrogens is 311 g/mol. The van der Waals surface area contributed by atoms with Crippen molar-refractivity contribution < 1.29 is 18.7 Å². The summed E-state index contributed by atoms with van der Waals surface area (Å²) in [6.07, 6.45) is 0.524. The first kappa shape index (κ1) is 18.5. The van der Waals surface area contributed by atoms with E-state index in [1.807, 2.05) is 26.8 Å². The fourth-order valence-corrected chi connectivity index (χ4v) is 3.12. The van der Waals surface area contributed by atoms with Crippen molar-refractivity contribution >= 4 is 6.09 Å². The fraction of sp³-hybridized carbons (Fsp3) is 0.611. The Bertz CT molecular complexity index is 586. The second-order valence-electron chi connectivity index (χ2n) is 7.21. The molecule has 2 N–H and O–H groups in total. The molecule has 1 fully saturated rings. The summed E-state index contributed by atoms with van der Waals surface area (Å²) in [6.45, 7) is 7.15. The van der Waals surface area contributed by atoms with Gasteiger partial charge in [-0.25, -0.2) is 9.18 Å². The number of benzene rings is 1. The molecule has 1 aliphatic heterocycles. The smallest absolute Gasteiger partial charge is 0.410 e. The molecule has 2 rings (SSSR count). The van der Waals surface area contributed by atoms with Gasteiger partial charge >= 0.3 is 6.09 Å². The molecular formula is C18H27FN2O3. The molecule has 0 spiro atoms. The number of nitrogens with two attached hydrogens (primary N) is 1. The van der Waals surface area contributed by atoms with Gasteiger partial charge in [0.1, 0.15) is 5.60 Å². The third-order valence-electron chi connectivity index (χ3n) is 4.30. The highest BCUT2D eigenvalue weighted by atomic mass is 19.1. The molecule has 1 aliphatic rings. The van der Waals surface area contributed by atoms with Crippen molar-refractivity contribution in [3.63, 3.8) is 0 Å². The van der Waals surface area contributed by atoms with Crippen LogP contribution >= 0.6 is 0 Å². The number of hydrogen-bond donors (Lipinski definition) is 1. The Kier molecular flexibility index (Phi) is 5.70. The van der Waals surface area contributed by atoms with Crippen LogP contribution in [0, 0.1) is 11.7 Å². The lowest BCUT2D eigenvalue weighted by atomic mass is 9.85. The van der Waals surface area contributed by atoms with Crippen LogP contribution in [0.2, 0.25) is 0 Å². The second kappa shape index (κ2) is 7.38. The second-order valence-corrected chi connectivity index (χ2v) is 7.21. The first-order valence-corrected chi connectivity index (χ1v) is 8.26. The number of amides is 1. The van der Waals surface area contributed by atoms with Crippen molar-refractivity contribution in [2.45, 2.75) is 38.7 Å². The fourth-order valence-electron chi connectivity index (χ4n) is 3.12. The van der Waals surface area contributed by atoms with Gasteiger partial charge in [-0.1, -0.05) is 6.07 Å². The van der Waals surface area contributed by atoms with Gasteiger partial charge in [-0.15, -0.1) is 0 Å². The molecule has 0 saturated carbocycles. The molecule has 1 aromatic rings. The molecule has 1 aromatic carbocycles. The minimum absolute atomic E-state index is 0.00200. The molecule has 6 heteroatoms. The van der Waals surface area contributed by atoms with Crippen LogP contribution in [0.15, 0.2) is 18.2 Å². The van der Waals surface area contributed by atoms with Crippen LogP contribution in [-0.4, -0.2) is 43.3 Å². The monoisotopic (exact) mass is 338 g/mol. The summed E-state index contributed by atoms with van der Waals surface area (Å²) in [5.74, 6) is 0.0138. The van der Waals surface area contributed by atoms with Gasteiger partial charge < -0.3 is 20.1 Å². The lowest BCUT2D eigenvalue weighted by Crippen LogP contribution is -2.36. The number of likely N-dealkylation sites (tertiary alicyclic amines) is 1. The van der Waals surface area contributed by atoms with Crippen molar-refractivity contribution in [2.24, 2.45) is 11.7 Å². The van der Waals surface area contributed by atoms with Crippen LogP contribution in [0.25, 0.3) is 0 Å². The van der Waals surface area contributed by atoms with Crippen LogP contribution in [0.4, 0.5) is 9.18 Å². The van der Waals surface area contributed by atoms with Gasteiger partial charge in [0.25, 0.3) is 0 Å². The van der Waals surface area contributed by atoms with Gasteiger partial charge in [-0.05, 0) is 57.4 Å². The number of nitrogens with zero attached hydrogens (tertiary/aromatic N) is 1. The van der Waals surface area contributed by atoms with Crippen molar-refractivity contribution in [3.8, 4) is 5.75 Å². The third kappa shape index (κ3) is 4.38. The van der Waals surface area contributed by atoms with Crippen molar-refractivity contribution in [2.75, 3.05) is 26.7 Å². The molecule has 134 valence electrons. The molecule has 0 aliphatic carbocycles. The zero-order valence-electron chi connectivity index (χ0n) is 14.8. The van der Waals surface area contributed by atoms with E-state index in [-0.39, 0.29) is 23.7 Å². The van der Waals surface area contributed by atoms with Gasteiger partial charge in [0.15, 0.2) is 11.6 Å². The Morgan fingerprint density at radius 1 is 1.46 bits per heavy atom. The molecule has 1 heterocycles. The first-order valence-electron chi connectivity index (χ1n) is 8.26. The van der Waals surface area contributed by atoms with E-state index in [1.54, 1.807) is 11.0 Å². The minimum Gasteiger partial charge on any atom is -0.494 e. The average molecular weight is 338 g/mol. The number of rotatable bonds is 4. The Hall–Kier alpha value is -1.82. The van der Waals surface area contributed by atoms with Gasteiger partial charge in [-0.2, -0.15) is 0 Å². The van der Waals surface area contributed by atoms with Gasteiger partial charge in [-0.3, -0.25) is 0 Å². The van der Waals surface area contributed by atoms with E-state index in [2.05, 4.69) is 0 Å².